The molecule has 0 saturated carbocycles. The molecule has 3 aromatic carbocycles. The highest BCUT2D eigenvalue weighted by Crippen LogP contribution is 2.33. The molecule has 0 fully saturated rings. The van der Waals surface area contributed by atoms with E-state index in [9.17, 15) is 4.79 Å². The van der Waals surface area contributed by atoms with Crippen molar-refractivity contribution in [3.05, 3.63) is 83.4 Å². The molecule has 0 spiro atoms. The van der Waals surface area contributed by atoms with E-state index in [0.717, 1.165) is 17.4 Å². The van der Waals surface area contributed by atoms with Crippen molar-refractivity contribution in [3.8, 4) is 22.6 Å². The van der Waals surface area contributed by atoms with E-state index in [-0.39, 0.29) is 0 Å². The molecule has 3 aromatic rings. The Kier molecular flexibility index (Phi) is 4.22. The molecule has 0 atom stereocenters. The van der Waals surface area contributed by atoms with Crippen LogP contribution in [0.3, 0.4) is 0 Å². The van der Waals surface area contributed by atoms with Crippen LogP contribution in [0.25, 0.3) is 11.1 Å². The molecule has 0 unspecified atom stereocenters. The van der Waals surface area contributed by atoms with E-state index in [4.69, 9.17) is 16.3 Å². The highest BCUT2D eigenvalue weighted by Gasteiger charge is 2.06. The van der Waals surface area contributed by atoms with E-state index >= 15 is 0 Å². The third kappa shape index (κ3) is 3.18. The third-order valence-electron chi connectivity index (χ3n) is 3.28. The Bertz CT molecular complexity index is 780. The summed E-state index contributed by atoms with van der Waals surface area (Å²) in [6.45, 7) is 0. The van der Waals surface area contributed by atoms with Gasteiger partial charge in [-0.3, -0.25) is 4.79 Å². The lowest BCUT2D eigenvalue weighted by Crippen LogP contribution is -1.87. The van der Waals surface area contributed by atoms with Crippen LogP contribution in [0, 0.1) is 0 Å². The van der Waals surface area contributed by atoms with Crippen LogP contribution in [-0.2, 0) is 0 Å². The van der Waals surface area contributed by atoms with Crippen molar-refractivity contribution in [1.82, 2.24) is 0 Å². The second kappa shape index (κ2) is 6.46. The fourth-order valence-electron chi connectivity index (χ4n) is 2.14. The normalized spacial score (nSPS) is 10.2. The molecule has 0 radical (unpaired) electrons. The molecule has 108 valence electrons. The number of aldehydes is 1. The molecule has 3 heteroatoms. The van der Waals surface area contributed by atoms with Crippen LogP contribution in [-0.4, -0.2) is 6.29 Å². The average molecular weight is 309 g/mol. The summed E-state index contributed by atoms with van der Waals surface area (Å²) in [5, 5.41) is 0.542. The van der Waals surface area contributed by atoms with Crippen molar-refractivity contribution in [3.63, 3.8) is 0 Å². The number of carbonyl (C=O) groups excluding carboxylic acids is 1. The zero-order chi connectivity index (χ0) is 15.4. The molecule has 0 aliphatic rings. The van der Waals surface area contributed by atoms with Gasteiger partial charge in [-0.2, -0.15) is 0 Å². The Morgan fingerprint density at radius 1 is 0.818 bits per heavy atom. The molecule has 0 saturated heterocycles. The highest BCUT2D eigenvalue weighted by atomic mass is 35.5. The van der Waals surface area contributed by atoms with Crippen molar-refractivity contribution in [1.29, 1.82) is 0 Å². The maximum absolute atomic E-state index is 10.6. The Morgan fingerprint density at radius 3 is 2.18 bits per heavy atom. The van der Waals surface area contributed by atoms with Crippen molar-refractivity contribution in [2.24, 2.45) is 0 Å². The number of benzene rings is 3. The number of carbonyl (C=O) groups is 1. The van der Waals surface area contributed by atoms with Crippen LogP contribution < -0.4 is 4.74 Å². The van der Waals surface area contributed by atoms with Gasteiger partial charge in [0.2, 0.25) is 0 Å². The molecule has 0 amide bonds. The second-order valence-electron chi connectivity index (χ2n) is 4.80. The standard InChI is InChI=1S/C19H13ClO2/c20-18-12-16(15-4-2-1-3-5-15)8-11-19(18)22-17-9-6-14(13-21)7-10-17/h1-13H. The lowest BCUT2D eigenvalue weighted by atomic mass is 10.1. The quantitative estimate of drug-likeness (QED) is 0.585. The number of rotatable bonds is 4. The van der Waals surface area contributed by atoms with Crippen LogP contribution in [0.5, 0.6) is 11.5 Å². The minimum atomic E-state index is 0.542. The Labute approximate surface area is 133 Å². The lowest BCUT2D eigenvalue weighted by Gasteiger charge is -2.09. The van der Waals surface area contributed by atoms with E-state index < -0.39 is 0 Å². The topological polar surface area (TPSA) is 26.3 Å². The molecule has 0 bridgehead atoms. The fourth-order valence-corrected chi connectivity index (χ4v) is 2.35. The smallest absolute Gasteiger partial charge is 0.150 e. The van der Waals surface area contributed by atoms with Gasteiger partial charge in [0.15, 0.2) is 0 Å². The van der Waals surface area contributed by atoms with Crippen LogP contribution in [0.15, 0.2) is 72.8 Å². The van der Waals surface area contributed by atoms with Gasteiger partial charge in [-0.1, -0.05) is 48.0 Å². The first-order valence-electron chi connectivity index (χ1n) is 6.84. The summed E-state index contributed by atoms with van der Waals surface area (Å²) in [5.74, 6) is 1.22. The van der Waals surface area contributed by atoms with Crippen molar-refractivity contribution >= 4 is 17.9 Å². The summed E-state index contributed by atoms with van der Waals surface area (Å²) < 4.78 is 5.75. The molecule has 0 heterocycles. The molecule has 0 N–H and O–H groups in total. The number of hydrogen-bond donors (Lipinski definition) is 0. The average Bonchev–Trinajstić information content (AvgIpc) is 2.58. The molecule has 3 rings (SSSR count). The number of ether oxygens (including phenoxy) is 1. The summed E-state index contributed by atoms with van der Waals surface area (Å²) in [4.78, 5) is 10.6. The predicted octanol–water partition coefficient (Wildman–Crippen LogP) is 5.61. The largest absolute Gasteiger partial charge is 0.456 e. The van der Waals surface area contributed by atoms with E-state index in [1.54, 1.807) is 24.3 Å². The highest BCUT2D eigenvalue weighted by molar-refractivity contribution is 6.32. The molecular weight excluding hydrogens is 296 g/mol. The maximum Gasteiger partial charge on any atom is 0.150 e. The van der Waals surface area contributed by atoms with Gasteiger partial charge in [0, 0.05) is 5.56 Å². The van der Waals surface area contributed by atoms with Gasteiger partial charge in [-0.05, 0) is 47.5 Å². The zero-order valence-corrected chi connectivity index (χ0v) is 12.5. The van der Waals surface area contributed by atoms with Crippen molar-refractivity contribution in [2.45, 2.75) is 0 Å². The number of hydrogen-bond acceptors (Lipinski definition) is 2. The van der Waals surface area contributed by atoms with Gasteiger partial charge in [0.05, 0.1) is 5.02 Å². The number of halogens is 1. The van der Waals surface area contributed by atoms with Crippen molar-refractivity contribution < 1.29 is 9.53 Å². The van der Waals surface area contributed by atoms with Crippen LogP contribution in [0.4, 0.5) is 0 Å². The Morgan fingerprint density at radius 2 is 1.55 bits per heavy atom. The maximum atomic E-state index is 10.6. The van der Waals surface area contributed by atoms with Crippen molar-refractivity contribution in [2.75, 3.05) is 0 Å². The third-order valence-corrected chi connectivity index (χ3v) is 3.58. The predicted molar refractivity (Wildman–Crippen MR) is 88.8 cm³/mol. The lowest BCUT2D eigenvalue weighted by molar-refractivity contribution is 0.112. The molecule has 0 aromatic heterocycles. The Hall–Kier alpha value is -2.58. The van der Waals surface area contributed by atoms with Crippen LogP contribution >= 0.6 is 11.6 Å². The molecule has 2 nitrogen and oxygen atoms in total. The summed E-state index contributed by atoms with van der Waals surface area (Å²) in [6.07, 6.45) is 0.797. The monoisotopic (exact) mass is 308 g/mol. The molecule has 22 heavy (non-hydrogen) atoms. The van der Waals surface area contributed by atoms with Gasteiger partial charge in [-0.25, -0.2) is 0 Å². The SMILES string of the molecule is O=Cc1ccc(Oc2ccc(-c3ccccc3)cc2Cl)cc1. The van der Waals surface area contributed by atoms with Crippen LogP contribution in [0.1, 0.15) is 10.4 Å². The minimum absolute atomic E-state index is 0.542. The van der Waals surface area contributed by atoms with E-state index in [1.165, 1.54) is 0 Å². The Balaban J connectivity index is 1.84. The summed E-state index contributed by atoms with van der Waals surface area (Å²) in [6, 6.07) is 22.6. The summed E-state index contributed by atoms with van der Waals surface area (Å²) in [7, 11) is 0. The molecular formula is C19H13ClO2. The zero-order valence-electron chi connectivity index (χ0n) is 11.7. The first-order chi connectivity index (χ1) is 10.8. The summed E-state index contributed by atoms with van der Waals surface area (Å²) in [5.41, 5.74) is 2.75. The second-order valence-corrected chi connectivity index (χ2v) is 5.21. The van der Waals surface area contributed by atoms with E-state index in [2.05, 4.69) is 0 Å². The van der Waals surface area contributed by atoms with Crippen LogP contribution in [0.2, 0.25) is 5.02 Å². The van der Waals surface area contributed by atoms with Gasteiger partial charge in [0.25, 0.3) is 0 Å². The molecule has 0 aliphatic carbocycles. The van der Waals surface area contributed by atoms with E-state index in [1.807, 2.05) is 48.5 Å². The van der Waals surface area contributed by atoms with Gasteiger partial charge in [0.1, 0.15) is 17.8 Å². The first kappa shape index (κ1) is 14.4. The fraction of sp³-hybridized carbons (Fsp3) is 0. The van der Waals surface area contributed by atoms with Gasteiger partial charge >= 0.3 is 0 Å². The van der Waals surface area contributed by atoms with E-state index in [0.29, 0.717) is 22.1 Å². The van der Waals surface area contributed by atoms with Gasteiger partial charge < -0.3 is 4.74 Å². The molecule has 0 aliphatic heterocycles. The van der Waals surface area contributed by atoms with Gasteiger partial charge in [-0.15, -0.1) is 0 Å². The first-order valence-corrected chi connectivity index (χ1v) is 7.22. The summed E-state index contributed by atoms with van der Waals surface area (Å²) >= 11 is 6.31. The minimum Gasteiger partial charge on any atom is -0.456 e.